The van der Waals surface area contributed by atoms with Crippen LogP contribution in [-0.4, -0.2) is 17.2 Å². The predicted octanol–water partition coefficient (Wildman–Crippen LogP) is 5.19. The van der Waals surface area contributed by atoms with Crippen LogP contribution in [0.4, 0.5) is 0 Å². The smallest absolute Gasteiger partial charge is 0.141 e. The van der Waals surface area contributed by atoms with Crippen LogP contribution in [0.25, 0.3) is 0 Å². The highest BCUT2D eigenvalue weighted by atomic mass is 32.1. The number of benzene rings is 2. The van der Waals surface area contributed by atoms with Crippen molar-refractivity contribution >= 4 is 17.0 Å². The maximum Gasteiger partial charge on any atom is 0.141 e. The first-order valence-electron chi connectivity index (χ1n) is 8.84. The van der Waals surface area contributed by atoms with Crippen molar-refractivity contribution in [2.24, 2.45) is 4.99 Å². The van der Waals surface area contributed by atoms with Crippen molar-refractivity contribution in [3.05, 3.63) is 112 Å². The highest BCUT2D eigenvalue weighted by Crippen LogP contribution is 2.45. The van der Waals surface area contributed by atoms with Gasteiger partial charge in [0, 0.05) is 22.6 Å². The third-order valence-electron chi connectivity index (χ3n) is 5.30. The molecular weight excluding hydrogens is 336 g/mol. The van der Waals surface area contributed by atoms with Gasteiger partial charge in [-0.3, -0.25) is 4.99 Å². The van der Waals surface area contributed by atoms with E-state index in [0.717, 1.165) is 23.7 Å². The lowest BCUT2D eigenvalue weighted by molar-refractivity contribution is 0.620. The van der Waals surface area contributed by atoms with E-state index in [0.29, 0.717) is 0 Å². The molecule has 0 saturated carbocycles. The van der Waals surface area contributed by atoms with E-state index in [-0.39, 0.29) is 5.41 Å². The molecule has 3 aromatic rings. The lowest BCUT2D eigenvalue weighted by atomic mass is 9.67. The molecule has 3 heteroatoms. The highest BCUT2D eigenvalue weighted by molar-refractivity contribution is 7.12. The minimum Gasteiger partial charge on any atom is -0.277 e. The van der Waals surface area contributed by atoms with Crippen molar-refractivity contribution in [1.82, 2.24) is 4.98 Å². The van der Waals surface area contributed by atoms with Crippen LogP contribution in [-0.2, 0) is 5.41 Å². The Balaban J connectivity index is 1.61. The summed E-state index contributed by atoms with van der Waals surface area (Å²) in [6.07, 6.45) is 7.45. The first-order valence-corrected chi connectivity index (χ1v) is 9.72. The second-order valence-electron chi connectivity index (χ2n) is 6.73. The van der Waals surface area contributed by atoms with E-state index in [4.69, 9.17) is 4.99 Å². The average Bonchev–Trinajstić information content (AvgIpc) is 3.38. The summed E-state index contributed by atoms with van der Waals surface area (Å²) in [5.41, 5.74) is 6.26. The molecule has 1 aromatic heterocycles. The molecule has 0 radical (unpaired) electrons. The van der Waals surface area contributed by atoms with Gasteiger partial charge in [0.1, 0.15) is 10.7 Å². The SMILES string of the molecule is C1=CC(c2ccccc2)(c2ccccc2)CC2=C1C(c1nccs1)=NC2. The van der Waals surface area contributed by atoms with Crippen molar-refractivity contribution in [2.75, 3.05) is 6.54 Å². The standard InChI is InChI=1S/C23H18N2S/c1-3-7-18(8-4-1)23(19-9-5-2-6-10-19)12-11-20-17(15-23)16-25-21(20)22-24-13-14-26-22/h1-14H,15-16H2. The topological polar surface area (TPSA) is 25.2 Å². The van der Waals surface area contributed by atoms with Crippen LogP contribution in [0.15, 0.2) is 101 Å². The van der Waals surface area contributed by atoms with E-state index in [9.17, 15) is 0 Å². The van der Waals surface area contributed by atoms with E-state index < -0.39 is 0 Å². The minimum atomic E-state index is -0.130. The summed E-state index contributed by atoms with van der Waals surface area (Å²) in [6.45, 7) is 0.774. The summed E-state index contributed by atoms with van der Waals surface area (Å²) in [4.78, 5) is 9.28. The van der Waals surface area contributed by atoms with Gasteiger partial charge in [0.2, 0.25) is 0 Å². The highest BCUT2D eigenvalue weighted by Gasteiger charge is 2.37. The van der Waals surface area contributed by atoms with Gasteiger partial charge in [0.25, 0.3) is 0 Å². The summed E-state index contributed by atoms with van der Waals surface area (Å²) >= 11 is 1.66. The molecule has 5 rings (SSSR count). The maximum atomic E-state index is 4.81. The molecule has 2 aromatic carbocycles. The molecule has 0 saturated heterocycles. The van der Waals surface area contributed by atoms with Crippen molar-refractivity contribution in [3.8, 4) is 0 Å². The Morgan fingerprint density at radius 1 is 0.885 bits per heavy atom. The van der Waals surface area contributed by atoms with Gasteiger partial charge in [-0.15, -0.1) is 11.3 Å². The molecule has 0 spiro atoms. The van der Waals surface area contributed by atoms with Crippen LogP contribution in [0.2, 0.25) is 0 Å². The Kier molecular flexibility index (Phi) is 3.68. The number of aliphatic imine (C=N–C) groups is 1. The fourth-order valence-electron chi connectivity index (χ4n) is 4.04. The van der Waals surface area contributed by atoms with Gasteiger partial charge in [0.15, 0.2) is 0 Å². The lowest BCUT2D eigenvalue weighted by Crippen LogP contribution is -2.29. The molecule has 0 N–H and O–H groups in total. The van der Waals surface area contributed by atoms with Gasteiger partial charge in [0.05, 0.1) is 6.54 Å². The molecule has 0 amide bonds. The van der Waals surface area contributed by atoms with E-state index in [2.05, 4.69) is 77.8 Å². The summed E-state index contributed by atoms with van der Waals surface area (Å²) in [5, 5.41) is 3.04. The van der Waals surface area contributed by atoms with E-state index in [1.807, 2.05) is 11.6 Å². The van der Waals surface area contributed by atoms with Crippen molar-refractivity contribution in [1.29, 1.82) is 0 Å². The zero-order chi connectivity index (χ0) is 17.4. The summed E-state index contributed by atoms with van der Waals surface area (Å²) in [6, 6.07) is 21.6. The van der Waals surface area contributed by atoms with Gasteiger partial charge in [-0.2, -0.15) is 0 Å². The number of aromatic nitrogens is 1. The number of hydrogen-bond acceptors (Lipinski definition) is 3. The molecular formula is C23H18N2S. The molecule has 2 aliphatic rings. The quantitative estimate of drug-likeness (QED) is 0.635. The van der Waals surface area contributed by atoms with Gasteiger partial charge in [-0.1, -0.05) is 72.8 Å². The fourth-order valence-corrected chi connectivity index (χ4v) is 4.70. The Morgan fingerprint density at radius 3 is 2.19 bits per heavy atom. The van der Waals surface area contributed by atoms with Crippen LogP contribution in [0.3, 0.4) is 0 Å². The average molecular weight is 354 g/mol. The molecule has 0 bridgehead atoms. The zero-order valence-corrected chi connectivity index (χ0v) is 15.1. The molecule has 0 atom stereocenters. The van der Waals surface area contributed by atoms with Crippen LogP contribution < -0.4 is 0 Å². The minimum absolute atomic E-state index is 0.130. The molecule has 2 heterocycles. The fraction of sp³-hybridized carbons (Fsp3) is 0.130. The van der Waals surface area contributed by atoms with E-state index >= 15 is 0 Å². The second-order valence-corrected chi connectivity index (χ2v) is 7.63. The van der Waals surface area contributed by atoms with E-state index in [1.165, 1.54) is 22.3 Å². The predicted molar refractivity (Wildman–Crippen MR) is 108 cm³/mol. The third-order valence-corrected chi connectivity index (χ3v) is 6.08. The lowest BCUT2D eigenvalue weighted by Gasteiger charge is -2.35. The van der Waals surface area contributed by atoms with E-state index in [1.54, 1.807) is 11.3 Å². The summed E-state index contributed by atoms with van der Waals surface area (Å²) in [7, 11) is 0. The first kappa shape index (κ1) is 15.5. The van der Waals surface area contributed by atoms with Crippen molar-refractivity contribution < 1.29 is 0 Å². The number of thiazole rings is 1. The Morgan fingerprint density at radius 2 is 1.58 bits per heavy atom. The summed E-state index contributed by atoms with van der Waals surface area (Å²) < 4.78 is 0. The Labute approximate surface area is 157 Å². The summed E-state index contributed by atoms with van der Waals surface area (Å²) in [5.74, 6) is 0. The number of allylic oxidation sites excluding steroid dienone is 3. The normalized spacial score (nSPS) is 17.9. The molecule has 0 unspecified atom stereocenters. The molecule has 1 aliphatic heterocycles. The molecule has 126 valence electrons. The van der Waals surface area contributed by atoms with Crippen LogP contribution in [0.1, 0.15) is 22.6 Å². The van der Waals surface area contributed by atoms with Gasteiger partial charge in [-0.25, -0.2) is 4.98 Å². The number of rotatable bonds is 3. The second kappa shape index (κ2) is 6.19. The van der Waals surface area contributed by atoms with Crippen LogP contribution >= 0.6 is 11.3 Å². The number of hydrogen-bond donors (Lipinski definition) is 0. The largest absolute Gasteiger partial charge is 0.277 e. The maximum absolute atomic E-state index is 4.81. The van der Waals surface area contributed by atoms with Gasteiger partial charge >= 0.3 is 0 Å². The Bertz CT molecular complexity index is 973. The monoisotopic (exact) mass is 354 g/mol. The van der Waals surface area contributed by atoms with Gasteiger partial charge < -0.3 is 0 Å². The molecule has 1 aliphatic carbocycles. The third kappa shape index (κ3) is 2.39. The molecule has 0 fully saturated rings. The van der Waals surface area contributed by atoms with Crippen LogP contribution in [0, 0.1) is 0 Å². The zero-order valence-electron chi connectivity index (χ0n) is 14.3. The van der Waals surface area contributed by atoms with Crippen LogP contribution in [0.5, 0.6) is 0 Å². The van der Waals surface area contributed by atoms with Crippen molar-refractivity contribution in [3.63, 3.8) is 0 Å². The Hall–Kier alpha value is -2.78. The number of nitrogens with zero attached hydrogens (tertiary/aromatic N) is 2. The van der Waals surface area contributed by atoms with Crippen molar-refractivity contribution in [2.45, 2.75) is 11.8 Å². The molecule has 2 nitrogen and oxygen atoms in total. The van der Waals surface area contributed by atoms with Gasteiger partial charge in [-0.05, 0) is 23.1 Å². The molecule has 26 heavy (non-hydrogen) atoms. The first-order chi connectivity index (χ1) is 12.9.